The summed E-state index contributed by atoms with van der Waals surface area (Å²) in [5, 5.41) is 11.9. The second-order valence-electron chi connectivity index (χ2n) is 4.29. The van der Waals surface area contributed by atoms with Crippen LogP contribution >= 0.6 is 0 Å². The Labute approximate surface area is 145 Å². The molecule has 20 heavy (non-hydrogen) atoms. The summed E-state index contributed by atoms with van der Waals surface area (Å²) in [7, 11) is 3.15. The molecule has 1 fully saturated rings. The summed E-state index contributed by atoms with van der Waals surface area (Å²) in [5.41, 5.74) is -5.22. The molecule has 0 unspecified atom stereocenters. The molecule has 3 nitrogen and oxygen atoms in total. The van der Waals surface area contributed by atoms with Crippen molar-refractivity contribution in [1.82, 2.24) is 4.90 Å². The minimum absolute atomic E-state index is 0.596. The van der Waals surface area contributed by atoms with Crippen molar-refractivity contribution in [2.75, 3.05) is 27.7 Å². The Balaban J connectivity index is 3.27. The van der Waals surface area contributed by atoms with Crippen LogP contribution in [0.1, 0.15) is 65.3 Å². The monoisotopic (exact) mass is 293 g/mol. The Hall–Kier alpha value is -1.06. The van der Waals surface area contributed by atoms with Crippen molar-refractivity contribution < 1.29 is 31.8 Å². The van der Waals surface area contributed by atoms with Gasteiger partial charge < -0.3 is 14.7 Å². The Morgan fingerprint density at radius 1 is 1.35 bits per heavy atom. The fourth-order valence-corrected chi connectivity index (χ4v) is 1.64. The minimum Gasteiger partial charge on any atom is -0.497 e. The van der Waals surface area contributed by atoms with Gasteiger partial charge in [-0.1, -0.05) is 31.2 Å². The van der Waals surface area contributed by atoms with Gasteiger partial charge in [-0.25, -0.2) is 0 Å². The van der Waals surface area contributed by atoms with Crippen LogP contribution in [0.5, 0.6) is 5.75 Å². The van der Waals surface area contributed by atoms with E-state index in [0.29, 0.717) is 4.90 Å². The zero-order chi connectivity index (χ0) is 28.8. The SMILES string of the molecule is [2H]c1c([2H])c([C@@H](C([2H])([2H])N(C)C)C2(O)C([2H])([2H])C([2H])([2H])C([2H])([2H])C([2H])([2H])C2([2H])[2H])c([2H])c([2H])c1OC. The average Bonchev–Trinajstić information content (AvgIpc) is 2.73. The summed E-state index contributed by atoms with van der Waals surface area (Å²) in [6, 6.07) is -3.93. The molecule has 2 rings (SSSR count). The predicted octanol–water partition coefficient (Wildman–Crippen LogP) is 3.04. The van der Waals surface area contributed by atoms with E-state index in [0.717, 1.165) is 21.2 Å². The molecule has 1 aromatic carbocycles. The average molecular weight is 294 g/mol. The normalized spacial score (nSPS) is 44.9. The van der Waals surface area contributed by atoms with Crippen molar-refractivity contribution in [2.45, 2.75) is 43.4 Å². The number of hydrogen-bond donors (Lipinski definition) is 1. The molecule has 1 aliphatic carbocycles. The highest BCUT2D eigenvalue weighted by atomic mass is 16.5. The number of aliphatic hydroxyl groups is 1. The highest BCUT2D eigenvalue weighted by Crippen LogP contribution is 2.40. The molecular formula is C17H27NO2. The second kappa shape index (κ2) is 6.59. The summed E-state index contributed by atoms with van der Waals surface area (Å²) in [6.45, 7) is -3.18. The van der Waals surface area contributed by atoms with Crippen LogP contribution < -0.4 is 4.74 Å². The Morgan fingerprint density at radius 2 is 1.95 bits per heavy atom. The van der Waals surface area contributed by atoms with Crippen LogP contribution in [0.2, 0.25) is 0 Å². The van der Waals surface area contributed by atoms with Crippen LogP contribution in [0.3, 0.4) is 0 Å². The molecule has 0 bridgehead atoms. The van der Waals surface area contributed by atoms with Crippen molar-refractivity contribution in [2.24, 2.45) is 0 Å². The highest BCUT2D eigenvalue weighted by Gasteiger charge is 2.38. The third-order valence-corrected chi connectivity index (χ3v) is 2.55. The first kappa shape index (κ1) is 4.72. The smallest absolute Gasteiger partial charge is 0.118 e. The number of benzene rings is 1. The van der Waals surface area contributed by atoms with Gasteiger partial charge in [-0.3, -0.25) is 0 Å². The van der Waals surface area contributed by atoms with E-state index < -0.39 is 85.4 Å². The van der Waals surface area contributed by atoms with Gasteiger partial charge in [0, 0.05) is 28.9 Å². The number of methoxy groups -OCH3 is 1. The molecule has 1 atom stereocenters. The van der Waals surface area contributed by atoms with E-state index in [1.807, 2.05) is 0 Å². The lowest BCUT2D eigenvalue weighted by molar-refractivity contribution is -0.0277. The maximum atomic E-state index is 11.9. The number of rotatable bonds is 5. The van der Waals surface area contributed by atoms with Gasteiger partial charge in [-0.2, -0.15) is 0 Å². The zero-order valence-electron chi connectivity index (χ0n) is 27.4. The van der Waals surface area contributed by atoms with Gasteiger partial charge in [-0.15, -0.1) is 0 Å². The number of ether oxygens (including phenoxy) is 1. The number of hydrogen-bond acceptors (Lipinski definition) is 3. The number of likely N-dealkylation sites (N-methyl/N-ethyl adjacent to an activating group) is 1. The molecule has 0 radical (unpaired) electrons. The fraction of sp³-hybridized carbons (Fsp3) is 0.647. The van der Waals surface area contributed by atoms with Crippen LogP contribution in [0, 0.1) is 0 Å². The highest BCUT2D eigenvalue weighted by molar-refractivity contribution is 5.31. The van der Waals surface area contributed by atoms with Gasteiger partial charge in [-0.05, 0) is 44.5 Å². The first-order valence-electron chi connectivity index (χ1n) is 13.8. The molecule has 112 valence electrons. The third-order valence-electron chi connectivity index (χ3n) is 2.55. The third kappa shape index (κ3) is 3.53. The van der Waals surface area contributed by atoms with Crippen molar-refractivity contribution in [3.05, 3.63) is 29.7 Å². The van der Waals surface area contributed by atoms with Gasteiger partial charge in [0.15, 0.2) is 0 Å². The summed E-state index contributed by atoms with van der Waals surface area (Å²) in [4.78, 5) is 0.687. The van der Waals surface area contributed by atoms with Gasteiger partial charge >= 0.3 is 0 Å². The molecule has 0 spiro atoms. The van der Waals surface area contributed by atoms with Crippen LogP contribution in [0.4, 0.5) is 0 Å². The zero-order valence-corrected chi connectivity index (χ0v) is 11.4. The van der Waals surface area contributed by atoms with Crippen molar-refractivity contribution in [3.63, 3.8) is 0 Å². The lowest BCUT2D eigenvalue weighted by Crippen LogP contribution is -2.42. The van der Waals surface area contributed by atoms with Gasteiger partial charge in [0.1, 0.15) is 5.75 Å². The van der Waals surface area contributed by atoms with E-state index in [1.165, 1.54) is 0 Å². The second-order valence-corrected chi connectivity index (χ2v) is 4.29. The van der Waals surface area contributed by atoms with Gasteiger partial charge in [0.2, 0.25) is 0 Å². The molecule has 1 N–H and O–H groups in total. The molecule has 1 aromatic rings. The molecule has 0 amide bonds. The molecule has 0 aromatic heterocycles. The molecule has 1 saturated carbocycles. The van der Waals surface area contributed by atoms with Crippen LogP contribution in [0.15, 0.2) is 24.2 Å². The van der Waals surface area contributed by atoms with E-state index in [4.69, 9.17) is 26.7 Å². The van der Waals surface area contributed by atoms with Crippen molar-refractivity contribution in [1.29, 1.82) is 0 Å². The molecule has 0 heterocycles. The van der Waals surface area contributed by atoms with Gasteiger partial charge in [0.25, 0.3) is 0 Å². The first-order valence-corrected chi connectivity index (χ1v) is 5.82. The molecule has 1 aliphatic rings. The summed E-state index contributed by atoms with van der Waals surface area (Å²) < 4.78 is 138. The first-order chi connectivity index (χ1) is 15.8. The molecular weight excluding hydrogens is 250 g/mol. The van der Waals surface area contributed by atoms with Crippen LogP contribution in [-0.2, 0) is 0 Å². The van der Waals surface area contributed by atoms with Crippen LogP contribution in [-0.4, -0.2) is 43.3 Å². The van der Waals surface area contributed by atoms with E-state index >= 15 is 0 Å². The standard InChI is InChI=1S/C17H27NO2/c1-18(2)13-16(17(19)11-5-4-6-12-17)14-7-9-15(20-3)10-8-14/h7-10,16,19H,4-6,11-13H2,1-3H3/t16-/m1/s1/i4D2,5D2,6D2,7D,8D,9D,10D,11D2,12D2,13D2. The molecule has 0 aliphatic heterocycles. The number of nitrogens with zero attached hydrogens (tertiary/aromatic N) is 1. The minimum atomic E-state index is -4.15. The lowest BCUT2D eigenvalue weighted by Gasteiger charge is -2.40. The summed E-state index contributed by atoms with van der Waals surface area (Å²) >= 11 is 0. The Kier molecular flexibility index (Phi) is 1.56. The Morgan fingerprint density at radius 3 is 2.45 bits per heavy atom. The lowest BCUT2D eigenvalue weighted by atomic mass is 9.72. The summed E-state index contributed by atoms with van der Waals surface area (Å²) in [6.07, 6.45) is -20.1. The summed E-state index contributed by atoms with van der Waals surface area (Å²) in [5.74, 6) is -3.42. The Bertz CT molecular complexity index is 995. The largest absolute Gasteiger partial charge is 0.497 e. The van der Waals surface area contributed by atoms with Crippen LogP contribution in [0.25, 0.3) is 0 Å². The van der Waals surface area contributed by atoms with E-state index in [-0.39, 0.29) is 0 Å². The maximum Gasteiger partial charge on any atom is 0.118 e. The quantitative estimate of drug-likeness (QED) is 0.906. The van der Waals surface area contributed by atoms with Crippen molar-refractivity contribution in [3.8, 4) is 5.75 Å². The van der Waals surface area contributed by atoms with E-state index in [1.54, 1.807) is 0 Å². The topological polar surface area (TPSA) is 32.7 Å². The predicted molar refractivity (Wildman–Crippen MR) is 82.3 cm³/mol. The fourth-order valence-electron chi connectivity index (χ4n) is 1.64. The molecule has 3 heteroatoms. The van der Waals surface area contributed by atoms with Crippen molar-refractivity contribution >= 4 is 0 Å². The molecule has 0 saturated heterocycles. The maximum absolute atomic E-state index is 11.9. The van der Waals surface area contributed by atoms with E-state index in [2.05, 4.69) is 0 Å². The van der Waals surface area contributed by atoms with E-state index in [9.17, 15) is 5.11 Å². The van der Waals surface area contributed by atoms with Gasteiger partial charge in [0.05, 0.1) is 18.2 Å².